The van der Waals surface area contributed by atoms with Crippen LogP contribution in [0, 0.1) is 5.82 Å². The van der Waals surface area contributed by atoms with Gasteiger partial charge in [-0.1, -0.05) is 24.3 Å². The number of carbonyl (C=O) groups excluding carboxylic acids is 2. The third kappa shape index (κ3) is 4.30. The number of ketones is 1. The smallest absolute Gasteiger partial charge is 0.356 e. The van der Waals surface area contributed by atoms with Crippen molar-refractivity contribution in [2.75, 3.05) is 19.7 Å². The van der Waals surface area contributed by atoms with Crippen molar-refractivity contribution in [2.24, 2.45) is 4.99 Å². The Morgan fingerprint density at radius 2 is 1.97 bits per heavy atom. The van der Waals surface area contributed by atoms with Gasteiger partial charge in [-0.2, -0.15) is 5.10 Å². The second kappa shape index (κ2) is 9.34. The number of rotatable bonds is 6. The summed E-state index contributed by atoms with van der Waals surface area (Å²) in [6.07, 6.45) is 0.665. The summed E-state index contributed by atoms with van der Waals surface area (Å²) in [5.41, 5.74) is 2.99. The predicted molar refractivity (Wildman–Crippen MR) is 128 cm³/mol. The first-order valence-corrected chi connectivity index (χ1v) is 11.4. The number of aromatic amines is 1. The van der Waals surface area contributed by atoms with Crippen LogP contribution in [0.1, 0.15) is 35.0 Å². The molecule has 0 radical (unpaired) electrons. The van der Waals surface area contributed by atoms with E-state index >= 15 is 0 Å². The first-order chi connectivity index (χ1) is 17.0. The van der Waals surface area contributed by atoms with Gasteiger partial charge in [-0.05, 0) is 48.3 Å². The fourth-order valence-electron chi connectivity index (χ4n) is 4.60. The summed E-state index contributed by atoms with van der Waals surface area (Å²) in [6.45, 7) is 2.62. The molecule has 8 nitrogen and oxygen atoms in total. The van der Waals surface area contributed by atoms with E-state index < -0.39 is 17.8 Å². The number of hydrogen-bond acceptors (Lipinski definition) is 7. The van der Waals surface area contributed by atoms with Crippen LogP contribution in [0.5, 0.6) is 0 Å². The van der Waals surface area contributed by atoms with Gasteiger partial charge >= 0.3 is 5.97 Å². The highest BCUT2D eigenvalue weighted by Gasteiger charge is 2.34. The van der Waals surface area contributed by atoms with Crippen LogP contribution in [-0.2, 0) is 16.0 Å². The zero-order valence-corrected chi connectivity index (χ0v) is 19.1. The highest BCUT2D eigenvalue weighted by atomic mass is 19.1. The molecule has 0 spiro atoms. The fraction of sp³-hybridized carbons (Fsp3) is 0.269. The Kier molecular flexibility index (Phi) is 6.08. The number of halogens is 1. The van der Waals surface area contributed by atoms with Crippen LogP contribution < -0.4 is 10.9 Å². The second-order valence-electron chi connectivity index (χ2n) is 8.51. The van der Waals surface area contributed by atoms with Crippen molar-refractivity contribution >= 4 is 28.2 Å². The van der Waals surface area contributed by atoms with Crippen molar-refractivity contribution in [2.45, 2.75) is 25.8 Å². The van der Waals surface area contributed by atoms with Gasteiger partial charge in [0.2, 0.25) is 0 Å². The molecule has 0 saturated carbocycles. The van der Waals surface area contributed by atoms with Crippen molar-refractivity contribution in [1.82, 2.24) is 15.5 Å². The number of carbonyl (C=O) groups is 2. The summed E-state index contributed by atoms with van der Waals surface area (Å²) in [7, 11) is 0. The topological polar surface area (TPSA) is 114 Å². The van der Waals surface area contributed by atoms with Crippen LogP contribution in [0.4, 0.5) is 4.39 Å². The molecule has 2 aliphatic rings. The Balaban J connectivity index is 1.37. The Bertz CT molecular complexity index is 1470. The number of nitrogens with one attached hydrogen (secondary N) is 2. The highest BCUT2D eigenvalue weighted by Crippen LogP contribution is 2.27. The predicted octanol–water partition coefficient (Wildman–Crippen LogP) is 2.51. The molecule has 0 saturated heterocycles. The molecular formula is C26H23FN4O4. The van der Waals surface area contributed by atoms with Gasteiger partial charge in [-0.3, -0.25) is 14.6 Å². The quantitative estimate of drug-likeness (QED) is 0.419. The molecule has 3 heterocycles. The Morgan fingerprint density at radius 3 is 2.77 bits per heavy atom. The first-order valence-electron chi connectivity index (χ1n) is 11.4. The molecular weight excluding hydrogens is 451 g/mol. The lowest BCUT2D eigenvalue weighted by atomic mass is 9.90. The van der Waals surface area contributed by atoms with Gasteiger partial charge in [0.15, 0.2) is 5.78 Å². The summed E-state index contributed by atoms with van der Waals surface area (Å²) in [4.78, 5) is 41.7. The third-order valence-electron chi connectivity index (χ3n) is 6.34. The minimum absolute atomic E-state index is 0.0117. The van der Waals surface area contributed by atoms with Crippen molar-refractivity contribution in [1.29, 1.82) is 0 Å². The maximum atomic E-state index is 14.7. The average molecular weight is 474 g/mol. The van der Waals surface area contributed by atoms with E-state index in [4.69, 9.17) is 4.74 Å². The molecule has 2 N–H and O–H groups in total. The number of Topliss-reactive ketones (excluding diaryl/α,β-unsaturated/α-hetero) is 1. The highest BCUT2D eigenvalue weighted by molar-refractivity contribution is 6.44. The molecule has 1 atom stereocenters. The molecule has 2 aliphatic heterocycles. The summed E-state index contributed by atoms with van der Waals surface area (Å²) >= 11 is 0. The van der Waals surface area contributed by atoms with Crippen LogP contribution in [0.2, 0.25) is 0 Å². The van der Waals surface area contributed by atoms with Crippen molar-refractivity contribution < 1.29 is 18.7 Å². The van der Waals surface area contributed by atoms with Crippen LogP contribution in [-0.4, -0.2) is 53.4 Å². The molecule has 5 rings (SSSR count). The van der Waals surface area contributed by atoms with Crippen molar-refractivity contribution in [3.05, 3.63) is 86.6 Å². The number of hydrogen-bond donors (Lipinski definition) is 2. The van der Waals surface area contributed by atoms with E-state index in [-0.39, 0.29) is 30.1 Å². The van der Waals surface area contributed by atoms with E-state index in [2.05, 4.69) is 20.5 Å². The number of esters is 1. The van der Waals surface area contributed by atoms with E-state index in [1.807, 2.05) is 12.1 Å². The van der Waals surface area contributed by atoms with Gasteiger partial charge in [0.05, 0.1) is 35.8 Å². The molecule has 1 aromatic heterocycles. The summed E-state index contributed by atoms with van der Waals surface area (Å²) in [6, 6.07) is 10.9. The maximum absolute atomic E-state index is 14.7. The third-order valence-corrected chi connectivity index (χ3v) is 6.34. The molecule has 178 valence electrons. The molecule has 2 aromatic carbocycles. The maximum Gasteiger partial charge on any atom is 0.356 e. The Morgan fingerprint density at radius 1 is 1.17 bits per heavy atom. The Labute approximate surface area is 199 Å². The first kappa shape index (κ1) is 22.8. The number of ether oxygens (including phenoxy) is 1. The van der Waals surface area contributed by atoms with E-state index in [9.17, 15) is 18.8 Å². The number of H-pyrrole nitrogens is 1. The van der Waals surface area contributed by atoms with Crippen molar-refractivity contribution in [3.63, 3.8) is 0 Å². The zero-order valence-electron chi connectivity index (χ0n) is 19.1. The number of nitrogens with zero attached hydrogens (tertiary/aromatic N) is 2. The average Bonchev–Trinajstić information content (AvgIpc) is 3.30. The minimum atomic E-state index is -0.623. The van der Waals surface area contributed by atoms with E-state index in [1.165, 1.54) is 6.07 Å². The van der Waals surface area contributed by atoms with Gasteiger partial charge in [0.1, 0.15) is 11.5 Å². The monoisotopic (exact) mass is 474 g/mol. The second-order valence-corrected chi connectivity index (χ2v) is 8.51. The van der Waals surface area contributed by atoms with E-state index in [1.54, 1.807) is 31.2 Å². The number of fused-ring (bicyclic) bond motifs is 1. The number of benzene rings is 2. The van der Waals surface area contributed by atoms with Gasteiger partial charge in [0.25, 0.3) is 5.56 Å². The van der Waals surface area contributed by atoms with E-state index in [0.717, 1.165) is 11.1 Å². The van der Waals surface area contributed by atoms with Crippen molar-refractivity contribution in [3.8, 4) is 0 Å². The molecule has 0 aliphatic carbocycles. The molecule has 9 heteroatoms. The molecule has 1 unspecified atom stereocenters. The summed E-state index contributed by atoms with van der Waals surface area (Å²) < 4.78 is 19.8. The van der Waals surface area contributed by atoms with Crippen LogP contribution >= 0.6 is 0 Å². The lowest BCUT2D eigenvalue weighted by Crippen LogP contribution is -2.43. The SMILES string of the molecule is CCOC(=O)C1=NCC2=C1CNC(C(=O)c1cc(Cc3n[nH]c(=O)c4ccccc34)ccc1F)C2. The molecule has 0 fully saturated rings. The fourth-order valence-corrected chi connectivity index (χ4v) is 4.60. The van der Waals surface area contributed by atoms with Gasteiger partial charge in [0, 0.05) is 18.4 Å². The molecule has 0 amide bonds. The van der Waals surface area contributed by atoms with Gasteiger partial charge in [-0.25, -0.2) is 14.3 Å². The normalized spacial score (nSPS) is 17.3. The summed E-state index contributed by atoms with van der Waals surface area (Å²) in [5, 5.41) is 11.0. The lowest BCUT2D eigenvalue weighted by molar-refractivity contribution is -0.134. The lowest BCUT2D eigenvalue weighted by Gasteiger charge is -2.25. The van der Waals surface area contributed by atoms with Crippen LogP contribution in [0.15, 0.2) is 63.4 Å². The standard InChI is InChI=1S/C26H23FN4O4/c1-2-35-26(34)23-19-13-28-22(11-15(19)12-29-23)24(32)18-9-14(7-8-20(18)27)10-21-16-5-3-4-6-17(16)25(33)31-30-21/h3-9,22,28H,2,10-13H2,1H3,(H,31,33). The summed E-state index contributed by atoms with van der Waals surface area (Å²) in [5.74, 6) is -1.43. The molecule has 3 aromatic rings. The zero-order chi connectivity index (χ0) is 24.5. The van der Waals surface area contributed by atoms with Crippen LogP contribution in [0.25, 0.3) is 10.8 Å². The van der Waals surface area contributed by atoms with Crippen LogP contribution in [0.3, 0.4) is 0 Å². The largest absolute Gasteiger partial charge is 0.461 e. The van der Waals surface area contributed by atoms with Gasteiger partial charge in [-0.15, -0.1) is 0 Å². The minimum Gasteiger partial charge on any atom is -0.461 e. The molecule has 0 bridgehead atoms. The number of aliphatic imine (C=N–C) groups is 1. The van der Waals surface area contributed by atoms with Gasteiger partial charge < -0.3 is 10.1 Å². The molecule has 35 heavy (non-hydrogen) atoms. The van der Waals surface area contributed by atoms with E-state index in [0.29, 0.717) is 47.1 Å². The Hall–Kier alpha value is -3.98. The number of aromatic nitrogens is 2.